The average molecular weight is 520 g/mol. The topological polar surface area (TPSA) is 131 Å². The molecule has 9 nitrogen and oxygen atoms in total. The van der Waals surface area contributed by atoms with Crippen molar-refractivity contribution in [2.24, 2.45) is 0 Å². The van der Waals surface area contributed by atoms with E-state index in [1.54, 1.807) is 11.2 Å². The number of Topliss-reactive ketones (excluding diaryl/α,β-unsaturated/α-hetero) is 1. The van der Waals surface area contributed by atoms with Gasteiger partial charge < -0.3 is 4.74 Å². The van der Waals surface area contributed by atoms with Gasteiger partial charge in [-0.3, -0.25) is 19.0 Å². The molecule has 16 heteroatoms. The fourth-order valence-corrected chi connectivity index (χ4v) is 2.93. The van der Waals surface area contributed by atoms with E-state index in [-0.39, 0.29) is 10.6 Å². The van der Waals surface area contributed by atoms with Gasteiger partial charge in [-0.15, -0.1) is 0 Å². The van der Waals surface area contributed by atoms with E-state index in [2.05, 4.69) is 10.1 Å². The summed E-state index contributed by atoms with van der Waals surface area (Å²) in [5.74, 6) is -4.22. The Bertz CT molecular complexity index is 1470. The molecule has 0 aliphatic heterocycles. The van der Waals surface area contributed by atoms with Crippen LogP contribution in [0.2, 0.25) is 5.02 Å². The number of ether oxygens (including phenoxy) is 1. The van der Waals surface area contributed by atoms with Crippen LogP contribution in [0.1, 0.15) is 27.3 Å². The average Bonchev–Trinajstić information content (AvgIpc) is 2.75. The van der Waals surface area contributed by atoms with E-state index in [1.807, 2.05) is 0 Å². The lowest BCUT2D eigenvalue weighted by Crippen LogP contribution is -2.31. The van der Waals surface area contributed by atoms with Crippen LogP contribution in [0.3, 0.4) is 0 Å². The molecular formula is C19H8ClF6N5O4. The molecule has 2 aromatic heterocycles. The third-order valence-electron chi connectivity index (χ3n) is 4.18. The fourth-order valence-electron chi connectivity index (χ4n) is 2.70. The highest BCUT2D eigenvalue weighted by Crippen LogP contribution is 2.35. The summed E-state index contributed by atoms with van der Waals surface area (Å²) in [6, 6.07) is 5.35. The first-order chi connectivity index (χ1) is 16.2. The third-order valence-corrected chi connectivity index (χ3v) is 4.39. The van der Waals surface area contributed by atoms with Crippen molar-refractivity contribution in [3.8, 4) is 17.6 Å². The van der Waals surface area contributed by atoms with Crippen LogP contribution >= 0.6 is 11.6 Å². The zero-order valence-electron chi connectivity index (χ0n) is 16.7. The van der Waals surface area contributed by atoms with E-state index in [4.69, 9.17) is 21.6 Å². The van der Waals surface area contributed by atoms with Gasteiger partial charge in [-0.2, -0.15) is 36.7 Å². The number of nitrogens with zero attached hydrogens (tertiary/aromatic N) is 4. The molecule has 0 saturated heterocycles. The van der Waals surface area contributed by atoms with E-state index in [1.165, 1.54) is 6.07 Å². The van der Waals surface area contributed by atoms with Gasteiger partial charge in [-0.05, 0) is 24.3 Å². The van der Waals surface area contributed by atoms with Crippen LogP contribution in [-0.4, -0.2) is 31.7 Å². The first-order valence-corrected chi connectivity index (χ1v) is 9.34. The summed E-state index contributed by atoms with van der Waals surface area (Å²) in [7, 11) is 0. The van der Waals surface area contributed by atoms with Crippen LogP contribution in [-0.2, 0) is 12.7 Å². The Kier molecular flexibility index (Phi) is 6.70. The molecule has 0 amide bonds. The van der Waals surface area contributed by atoms with Gasteiger partial charge in [-0.25, -0.2) is 10.1 Å². The summed E-state index contributed by atoms with van der Waals surface area (Å²) in [5, 5.41) is 13.9. The van der Waals surface area contributed by atoms with Gasteiger partial charge in [0, 0.05) is 5.02 Å². The Morgan fingerprint density at radius 1 is 1.14 bits per heavy atom. The highest BCUT2D eigenvalue weighted by Gasteiger charge is 2.41. The maximum atomic E-state index is 13.4. The van der Waals surface area contributed by atoms with Crippen molar-refractivity contribution in [3.63, 3.8) is 0 Å². The van der Waals surface area contributed by atoms with Gasteiger partial charge in [0.1, 0.15) is 5.75 Å². The Morgan fingerprint density at radius 3 is 2.43 bits per heavy atom. The maximum absolute atomic E-state index is 13.4. The van der Waals surface area contributed by atoms with Gasteiger partial charge in [0.05, 0.1) is 35.8 Å². The maximum Gasteiger partial charge on any atom is 0.455 e. The first kappa shape index (κ1) is 25.4. The van der Waals surface area contributed by atoms with Gasteiger partial charge in [0.15, 0.2) is 5.69 Å². The Morgan fingerprint density at radius 2 is 1.83 bits per heavy atom. The van der Waals surface area contributed by atoms with Crippen molar-refractivity contribution in [3.05, 3.63) is 78.8 Å². The summed E-state index contributed by atoms with van der Waals surface area (Å²) in [6.45, 7) is -0.797. The van der Waals surface area contributed by atoms with Crippen molar-refractivity contribution >= 4 is 17.4 Å². The second-order valence-corrected chi connectivity index (χ2v) is 7.11. The first-order valence-electron chi connectivity index (χ1n) is 8.96. The molecule has 0 aliphatic carbocycles. The Hall–Kier alpha value is -4.19. The summed E-state index contributed by atoms with van der Waals surface area (Å²) >= 11 is 5.79. The number of carbonyl (C=O) groups is 1. The molecule has 0 saturated carbocycles. The van der Waals surface area contributed by atoms with Crippen LogP contribution < -0.4 is 15.9 Å². The largest absolute Gasteiger partial charge is 0.455 e. The second-order valence-electron chi connectivity index (χ2n) is 6.67. The standard InChI is InChI=1S/C19H8ClF6N5O4/c20-9-1-8(5-27)2-11(3-9)35-13-14(18(21,22)23)28-7-31(17(13)34)6-10-4-12(16(33)30-29-10)15(32)19(24,25)26/h1-4,7H,6H2,(H,30,33). The van der Waals surface area contributed by atoms with E-state index in [0.717, 1.165) is 12.1 Å². The molecule has 1 N–H and O–H groups in total. The molecule has 2 heterocycles. The highest BCUT2D eigenvalue weighted by molar-refractivity contribution is 6.30. The lowest BCUT2D eigenvalue weighted by molar-refractivity contribution is -0.142. The summed E-state index contributed by atoms with van der Waals surface area (Å²) in [6.07, 6.45) is -10.1. The van der Waals surface area contributed by atoms with Crippen LogP contribution in [0.15, 0.2) is 40.2 Å². The van der Waals surface area contributed by atoms with Crippen molar-refractivity contribution in [2.45, 2.75) is 18.9 Å². The predicted octanol–water partition coefficient (Wildman–Crippen LogP) is 3.46. The zero-order valence-corrected chi connectivity index (χ0v) is 17.4. The number of aromatic nitrogens is 4. The summed E-state index contributed by atoms with van der Waals surface area (Å²) in [4.78, 5) is 38.9. The number of alkyl halides is 6. The van der Waals surface area contributed by atoms with Crippen LogP contribution in [0.4, 0.5) is 26.3 Å². The smallest absolute Gasteiger partial charge is 0.449 e. The number of carbonyl (C=O) groups excluding carboxylic acids is 1. The number of halogens is 7. The number of hydrogen-bond donors (Lipinski definition) is 1. The number of hydrogen-bond acceptors (Lipinski definition) is 7. The monoisotopic (exact) mass is 519 g/mol. The fraction of sp³-hybridized carbons (Fsp3) is 0.158. The Labute approximate surface area is 194 Å². The molecule has 0 radical (unpaired) electrons. The minimum Gasteiger partial charge on any atom is -0.449 e. The van der Waals surface area contributed by atoms with Gasteiger partial charge in [0.25, 0.3) is 16.9 Å². The normalized spacial score (nSPS) is 11.7. The molecule has 0 aliphatic rings. The number of nitrogens with one attached hydrogen (secondary N) is 1. The van der Waals surface area contributed by atoms with Crippen molar-refractivity contribution in [2.75, 3.05) is 0 Å². The number of H-pyrrole nitrogens is 1. The number of ketones is 1. The SMILES string of the molecule is N#Cc1cc(Cl)cc(Oc2c(C(F)(F)F)ncn(Cc3cc(C(=O)C(F)(F)F)c(=O)[nH]n3)c2=O)c1. The van der Waals surface area contributed by atoms with Crippen molar-refractivity contribution < 1.29 is 35.9 Å². The quantitative estimate of drug-likeness (QED) is 0.403. The number of rotatable bonds is 5. The summed E-state index contributed by atoms with van der Waals surface area (Å²) < 4.78 is 84.0. The van der Waals surface area contributed by atoms with Crippen LogP contribution in [0.25, 0.3) is 0 Å². The van der Waals surface area contributed by atoms with Crippen molar-refractivity contribution in [1.29, 1.82) is 5.26 Å². The molecule has 0 atom stereocenters. The predicted molar refractivity (Wildman–Crippen MR) is 104 cm³/mol. The lowest BCUT2D eigenvalue weighted by atomic mass is 10.1. The molecule has 3 rings (SSSR count). The molecule has 0 fully saturated rings. The lowest BCUT2D eigenvalue weighted by Gasteiger charge is -2.15. The number of aromatic amines is 1. The van der Waals surface area contributed by atoms with E-state index < -0.39 is 64.2 Å². The van der Waals surface area contributed by atoms with Gasteiger partial charge in [-0.1, -0.05) is 11.6 Å². The van der Waals surface area contributed by atoms with E-state index >= 15 is 0 Å². The second kappa shape index (κ2) is 9.22. The number of benzene rings is 1. The zero-order chi connectivity index (χ0) is 26.1. The minimum absolute atomic E-state index is 0.0869. The molecule has 1 aromatic carbocycles. The molecular weight excluding hydrogens is 512 g/mol. The molecule has 0 unspecified atom stereocenters. The third kappa shape index (κ3) is 5.66. The summed E-state index contributed by atoms with van der Waals surface area (Å²) in [5.41, 5.74) is -6.56. The van der Waals surface area contributed by atoms with E-state index in [9.17, 15) is 40.7 Å². The molecule has 3 aromatic rings. The van der Waals surface area contributed by atoms with Crippen molar-refractivity contribution in [1.82, 2.24) is 19.7 Å². The molecule has 0 spiro atoms. The molecule has 182 valence electrons. The van der Waals surface area contributed by atoms with E-state index in [0.29, 0.717) is 17.0 Å². The minimum atomic E-state index is -5.39. The molecule has 0 bridgehead atoms. The van der Waals surface area contributed by atoms with Gasteiger partial charge >= 0.3 is 12.4 Å². The van der Waals surface area contributed by atoms with Gasteiger partial charge in [0.2, 0.25) is 5.75 Å². The highest BCUT2D eigenvalue weighted by atomic mass is 35.5. The molecule has 35 heavy (non-hydrogen) atoms. The van der Waals surface area contributed by atoms with Crippen LogP contribution in [0, 0.1) is 11.3 Å². The number of nitriles is 1. The van der Waals surface area contributed by atoms with Crippen LogP contribution in [0.5, 0.6) is 11.5 Å². The Balaban J connectivity index is 2.09.